The Morgan fingerprint density at radius 2 is 1.75 bits per heavy atom. The van der Waals surface area contributed by atoms with Gasteiger partial charge in [-0.3, -0.25) is 0 Å². The zero-order valence-corrected chi connectivity index (χ0v) is 12.2. The van der Waals surface area contributed by atoms with Crippen LogP contribution < -0.4 is 5.73 Å². The maximum Gasteiger partial charge on any atom is 0.426 e. The van der Waals surface area contributed by atoms with Gasteiger partial charge in [0, 0.05) is 19.1 Å². The van der Waals surface area contributed by atoms with Gasteiger partial charge in [0.1, 0.15) is 5.60 Å². The topological polar surface area (TPSA) is 98.9 Å². The van der Waals surface area contributed by atoms with Crippen LogP contribution in [0.15, 0.2) is 0 Å². The van der Waals surface area contributed by atoms with Gasteiger partial charge in [-0.2, -0.15) is 0 Å². The average Bonchev–Trinajstić information content (AvgIpc) is 2.51. The summed E-state index contributed by atoms with van der Waals surface area (Å²) in [6.07, 6.45) is 1.39. The molecular formula is C13H22N2O5. The van der Waals surface area contributed by atoms with E-state index in [0.29, 0.717) is 19.5 Å². The van der Waals surface area contributed by atoms with E-state index in [4.69, 9.17) is 10.5 Å². The first-order valence-corrected chi connectivity index (χ1v) is 6.68. The van der Waals surface area contributed by atoms with Gasteiger partial charge in [0.05, 0.1) is 0 Å². The van der Waals surface area contributed by atoms with Gasteiger partial charge in [0.2, 0.25) is 0 Å². The number of hydrogen-bond acceptors (Lipinski definition) is 6. The first-order chi connectivity index (χ1) is 9.19. The van der Waals surface area contributed by atoms with Crippen molar-refractivity contribution in [2.75, 3.05) is 13.1 Å². The summed E-state index contributed by atoms with van der Waals surface area (Å²) in [5.74, 6) is -2.46. The highest BCUT2D eigenvalue weighted by molar-refractivity contribution is 6.31. The molecule has 2 N–H and O–H groups in total. The number of hydrogen-bond donors (Lipinski definition) is 1. The summed E-state index contributed by atoms with van der Waals surface area (Å²) < 4.78 is 9.35. The fourth-order valence-corrected chi connectivity index (χ4v) is 1.81. The average molecular weight is 286 g/mol. The molecule has 7 heteroatoms. The molecule has 1 amide bonds. The fraction of sp³-hybridized carbons (Fsp3) is 0.769. The molecule has 0 radical (unpaired) electrons. The van der Waals surface area contributed by atoms with Gasteiger partial charge in [0.15, 0.2) is 0 Å². The van der Waals surface area contributed by atoms with E-state index < -0.39 is 23.6 Å². The molecule has 114 valence electrons. The predicted octanol–water partition coefficient (Wildman–Crippen LogP) is 0.805. The lowest BCUT2D eigenvalue weighted by molar-refractivity contribution is -0.171. The lowest BCUT2D eigenvalue weighted by Gasteiger charge is -2.20. The largest absolute Gasteiger partial charge is 0.452 e. The van der Waals surface area contributed by atoms with Crippen LogP contribution in [0, 0.1) is 0 Å². The molecule has 0 saturated carbocycles. The summed E-state index contributed by atoms with van der Waals surface area (Å²) in [7, 11) is 0. The molecule has 0 aromatic rings. The Hall–Kier alpha value is -1.63. The molecule has 7 nitrogen and oxygen atoms in total. The predicted molar refractivity (Wildman–Crippen MR) is 70.7 cm³/mol. The molecule has 1 aliphatic rings. The zero-order chi connectivity index (χ0) is 15.3. The van der Waals surface area contributed by atoms with Gasteiger partial charge in [-0.15, -0.1) is 0 Å². The summed E-state index contributed by atoms with van der Waals surface area (Å²) in [5, 5.41) is 0. The number of rotatable bonds is 0. The summed E-state index contributed by atoms with van der Waals surface area (Å²) in [6, 6.07) is 0.0503. The van der Waals surface area contributed by atoms with Crippen molar-refractivity contribution in [3.63, 3.8) is 0 Å². The number of nitrogens with two attached hydrogens (primary N) is 1. The van der Waals surface area contributed by atoms with Crippen molar-refractivity contribution in [1.29, 1.82) is 0 Å². The number of ether oxygens (including phenoxy) is 2. The van der Waals surface area contributed by atoms with Gasteiger partial charge < -0.3 is 20.1 Å². The van der Waals surface area contributed by atoms with E-state index in [1.165, 1.54) is 4.90 Å². The van der Waals surface area contributed by atoms with Crippen molar-refractivity contribution in [3.8, 4) is 0 Å². The zero-order valence-electron chi connectivity index (χ0n) is 12.2. The standard InChI is InChI=1S/C13H22N2O5/c1-13(2,3)20-11(17)10(16)19-12(18)15-7-4-5-9(14)6-8-15/h9H,4-8,14H2,1-3H3. The van der Waals surface area contributed by atoms with E-state index >= 15 is 0 Å². The molecule has 1 unspecified atom stereocenters. The van der Waals surface area contributed by atoms with Gasteiger partial charge in [-0.25, -0.2) is 14.4 Å². The first kappa shape index (κ1) is 16.4. The fourth-order valence-electron chi connectivity index (χ4n) is 1.81. The van der Waals surface area contributed by atoms with Crippen LogP contribution in [0.4, 0.5) is 4.79 Å². The Morgan fingerprint density at radius 3 is 2.35 bits per heavy atom. The van der Waals surface area contributed by atoms with Crippen molar-refractivity contribution < 1.29 is 23.9 Å². The monoisotopic (exact) mass is 286 g/mol. The van der Waals surface area contributed by atoms with Crippen molar-refractivity contribution in [3.05, 3.63) is 0 Å². The summed E-state index contributed by atoms with van der Waals surface area (Å²) in [6.45, 7) is 5.75. The second kappa shape index (κ2) is 6.69. The normalized spacial score (nSPS) is 20.0. The third-order valence-corrected chi connectivity index (χ3v) is 2.78. The number of carbonyl (C=O) groups excluding carboxylic acids is 3. The van der Waals surface area contributed by atoms with E-state index in [-0.39, 0.29) is 6.04 Å². The Labute approximate surface area is 118 Å². The number of likely N-dealkylation sites (tertiary alicyclic amines) is 1. The van der Waals surface area contributed by atoms with Crippen molar-refractivity contribution >= 4 is 18.0 Å². The third-order valence-electron chi connectivity index (χ3n) is 2.78. The Kier molecular flexibility index (Phi) is 5.50. The number of amides is 1. The number of esters is 2. The molecule has 1 heterocycles. The van der Waals surface area contributed by atoms with Crippen LogP contribution in [-0.2, 0) is 19.1 Å². The molecule has 1 atom stereocenters. The summed E-state index contributed by atoms with van der Waals surface area (Å²) >= 11 is 0. The quantitative estimate of drug-likeness (QED) is 0.402. The van der Waals surface area contributed by atoms with Gasteiger partial charge in [-0.05, 0) is 40.0 Å². The highest BCUT2D eigenvalue weighted by Crippen LogP contribution is 2.11. The van der Waals surface area contributed by atoms with Crippen LogP contribution in [0.2, 0.25) is 0 Å². The smallest absolute Gasteiger partial charge is 0.426 e. The minimum atomic E-state index is -1.29. The van der Waals surface area contributed by atoms with E-state index in [1.807, 2.05) is 0 Å². The van der Waals surface area contributed by atoms with Crippen LogP contribution in [0.5, 0.6) is 0 Å². The minimum absolute atomic E-state index is 0.0503. The van der Waals surface area contributed by atoms with Gasteiger partial charge in [-0.1, -0.05) is 0 Å². The molecule has 0 aromatic heterocycles. The van der Waals surface area contributed by atoms with Crippen molar-refractivity contribution in [1.82, 2.24) is 4.90 Å². The second-order valence-electron chi connectivity index (χ2n) is 5.84. The minimum Gasteiger partial charge on any atom is -0.452 e. The molecular weight excluding hydrogens is 264 g/mol. The van der Waals surface area contributed by atoms with Crippen LogP contribution >= 0.6 is 0 Å². The summed E-state index contributed by atoms with van der Waals surface area (Å²) in [4.78, 5) is 36.0. The van der Waals surface area contributed by atoms with Crippen LogP contribution in [0.3, 0.4) is 0 Å². The van der Waals surface area contributed by atoms with Crippen LogP contribution in [-0.4, -0.2) is 47.7 Å². The first-order valence-electron chi connectivity index (χ1n) is 6.68. The molecule has 1 saturated heterocycles. The SMILES string of the molecule is CC(C)(C)OC(=O)C(=O)OC(=O)N1CCCC(N)CC1. The maximum absolute atomic E-state index is 11.8. The van der Waals surface area contributed by atoms with E-state index in [9.17, 15) is 14.4 Å². The highest BCUT2D eigenvalue weighted by Gasteiger charge is 2.29. The Morgan fingerprint density at radius 1 is 1.10 bits per heavy atom. The van der Waals surface area contributed by atoms with E-state index in [1.54, 1.807) is 20.8 Å². The molecule has 1 fully saturated rings. The van der Waals surface area contributed by atoms with Gasteiger partial charge in [0.25, 0.3) is 0 Å². The molecule has 0 bridgehead atoms. The third kappa shape index (κ3) is 5.56. The highest BCUT2D eigenvalue weighted by atomic mass is 16.6. The van der Waals surface area contributed by atoms with E-state index in [2.05, 4.69) is 4.74 Å². The molecule has 0 aliphatic carbocycles. The van der Waals surface area contributed by atoms with Crippen molar-refractivity contribution in [2.24, 2.45) is 5.73 Å². The summed E-state index contributed by atoms with van der Waals surface area (Å²) in [5.41, 5.74) is 4.99. The van der Waals surface area contributed by atoms with Crippen LogP contribution in [0.25, 0.3) is 0 Å². The molecule has 20 heavy (non-hydrogen) atoms. The Bertz CT molecular complexity index is 389. The lowest BCUT2D eigenvalue weighted by Crippen LogP contribution is -2.38. The number of nitrogens with zero attached hydrogens (tertiary/aromatic N) is 1. The van der Waals surface area contributed by atoms with Gasteiger partial charge >= 0.3 is 18.0 Å². The van der Waals surface area contributed by atoms with Crippen molar-refractivity contribution in [2.45, 2.75) is 51.7 Å². The second-order valence-corrected chi connectivity index (χ2v) is 5.84. The molecule has 0 aromatic carbocycles. The number of carbonyl (C=O) groups is 3. The van der Waals surface area contributed by atoms with E-state index in [0.717, 1.165) is 12.8 Å². The van der Waals surface area contributed by atoms with Crippen LogP contribution in [0.1, 0.15) is 40.0 Å². The molecule has 1 rings (SSSR count). The molecule has 1 aliphatic heterocycles. The Balaban J connectivity index is 2.48. The maximum atomic E-state index is 11.8. The lowest BCUT2D eigenvalue weighted by atomic mass is 10.1. The molecule has 0 spiro atoms.